The molecule has 106 valence electrons. The molecule has 0 aliphatic carbocycles. The van der Waals surface area contributed by atoms with Crippen LogP contribution in [0.25, 0.3) is 0 Å². The van der Waals surface area contributed by atoms with Crippen LogP contribution in [0, 0.1) is 6.92 Å². The minimum atomic E-state index is 0.115. The molecule has 1 aliphatic rings. The molecule has 1 fully saturated rings. The second kappa shape index (κ2) is 5.51. The zero-order chi connectivity index (χ0) is 14.0. The molecule has 1 aliphatic heterocycles. The van der Waals surface area contributed by atoms with E-state index in [4.69, 9.17) is 0 Å². The van der Waals surface area contributed by atoms with E-state index in [1.54, 1.807) is 0 Å². The van der Waals surface area contributed by atoms with Gasteiger partial charge in [0.25, 0.3) is 0 Å². The third-order valence-corrected chi connectivity index (χ3v) is 4.44. The Hall–Kier alpha value is -1.06. The van der Waals surface area contributed by atoms with Crippen LogP contribution < -0.4 is 4.90 Å². The normalized spacial score (nSPS) is 24.3. The van der Waals surface area contributed by atoms with Gasteiger partial charge in [-0.1, -0.05) is 18.2 Å². The van der Waals surface area contributed by atoms with Crippen molar-refractivity contribution < 1.29 is 5.11 Å². The first kappa shape index (κ1) is 14.4. The molecule has 19 heavy (non-hydrogen) atoms. The van der Waals surface area contributed by atoms with Crippen LogP contribution in [0.1, 0.15) is 25.8 Å². The molecule has 1 aromatic rings. The summed E-state index contributed by atoms with van der Waals surface area (Å²) in [6.07, 6.45) is 1.11. The molecule has 3 nitrogen and oxygen atoms in total. The number of benzene rings is 1. The van der Waals surface area contributed by atoms with Crippen LogP contribution in [-0.4, -0.2) is 48.3 Å². The van der Waals surface area contributed by atoms with E-state index in [2.05, 4.69) is 61.9 Å². The number of hydrogen-bond donors (Lipinski definition) is 1. The van der Waals surface area contributed by atoms with Crippen LogP contribution in [0.15, 0.2) is 24.3 Å². The van der Waals surface area contributed by atoms with Crippen molar-refractivity contribution in [1.29, 1.82) is 0 Å². The average molecular weight is 262 g/mol. The fourth-order valence-corrected chi connectivity index (χ4v) is 2.85. The lowest BCUT2D eigenvalue weighted by Crippen LogP contribution is -2.48. The lowest BCUT2D eigenvalue weighted by Gasteiger charge is -2.40. The van der Waals surface area contributed by atoms with Gasteiger partial charge in [-0.25, -0.2) is 0 Å². The van der Waals surface area contributed by atoms with Crippen LogP contribution in [0.2, 0.25) is 0 Å². The molecule has 1 atom stereocenters. The topological polar surface area (TPSA) is 26.7 Å². The summed E-state index contributed by atoms with van der Waals surface area (Å²) in [7, 11) is 2.11. The van der Waals surface area contributed by atoms with Crippen LogP contribution in [-0.2, 0) is 0 Å². The van der Waals surface area contributed by atoms with Gasteiger partial charge in [0.15, 0.2) is 0 Å². The van der Waals surface area contributed by atoms with E-state index in [1.165, 1.54) is 11.3 Å². The number of rotatable bonds is 2. The van der Waals surface area contributed by atoms with Crippen molar-refractivity contribution >= 4 is 5.69 Å². The summed E-state index contributed by atoms with van der Waals surface area (Å²) in [5.41, 5.74) is 2.71. The number of aryl methyl sites for hydroxylation is 1. The third-order valence-electron chi connectivity index (χ3n) is 4.44. The number of hydrogen-bond acceptors (Lipinski definition) is 3. The van der Waals surface area contributed by atoms with Gasteiger partial charge in [-0.05, 0) is 45.9 Å². The maximum Gasteiger partial charge on any atom is 0.0604 e. The van der Waals surface area contributed by atoms with Crippen molar-refractivity contribution in [2.75, 3.05) is 31.6 Å². The highest BCUT2D eigenvalue weighted by Gasteiger charge is 2.34. The van der Waals surface area contributed by atoms with Gasteiger partial charge in [-0.15, -0.1) is 0 Å². The molecule has 1 aromatic carbocycles. The molecular weight excluding hydrogens is 236 g/mol. The van der Waals surface area contributed by atoms with Crippen molar-refractivity contribution in [3.63, 3.8) is 0 Å². The third kappa shape index (κ3) is 2.93. The predicted octanol–water partition coefficient (Wildman–Crippen LogP) is 2.28. The van der Waals surface area contributed by atoms with Crippen molar-refractivity contribution in [2.24, 2.45) is 0 Å². The zero-order valence-electron chi connectivity index (χ0n) is 12.6. The van der Waals surface area contributed by atoms with E-state index in [0.717, 1.165) is 19.5 Å². The number of para-hydroxylation sites is 1. The fourth-order valence-electron chi connectivity index (χ4n) is 2.85. The average Bonchev–Trinajstić information content (AvgIpc) is 2.49. The maximum atomic E-state index is 9.62. The first-order chi connectivity index (χ1) is 8.95. The van der Waals surface area contributed by atoms with Gasteiger partial charge in [0.05, 0.1) is 6.61 Å². The first-order valence-corrected chi connectivity index (χ1v) is 7.10. The van der Waals surface area contributed by atoms with Crippen LogP contribution in [0.5, 0.6) is 0 Å². The number of aliphatic hydroxyl groups excluding tert-OH is 1. The molecule has 0 saturated carbocycles. The minimum Gasteiger partial charge on any atom is -0.395 e. The Morgan fingerprint density at radius 1 is 1.32 bits per heavy atom. The Balaban J connectivity index is 2.37. The summed E-state index contributed by atoms with van der Waals surface area (Å²) in [5, 5.41) is 9.62. The van der Waals surface area contributed by atoms with Gasteiger partial charge >= 0.3 is 0 Å². The molecule has 3 heteroatoms. The second-order valence-electron chi connectivity index (χ2n) is 6.28. The molecule has 1 N–H and O–H groups in total. The Kier molecular flexibility index (Phi) is 4.16. The quantitative estimate of drug-likeness (QED) is 0.886. The van der Waals surface area contributed by atoms with Crippen LogP contribution >= 0.6 is 0 Å². The maximum absolute atomic E-state index is 9.62. The highest BCUT2D eigenvalue weighted by Crippen LogP contribution is 2.32. The molecule has 0 amide bonds. The molecule has 2 rings (SSSR count). The van der Waals surface area contributed by atoms with Crippen molar-refractivity contribution in [3.05, 3.63) is 29.8 Å². The van der Waals surface area contributed by atoms with E-state index in [9.17, 15) is 5.11 Å². The molecule has 0 bridgehead atoms. The lowest BCUT2D eigenvalue weighted by atomic mass is 9.96. The molecule has 1 unspecified atom stereocenters. The molecule has 1 saturated heterocycles. The standard InChI is InChI=1S/C16H26N2O/c1-13-7-5-6-8-15(13)18-11-14(12-19)17(4)10-9-16(18,2)3/h5-8,14,19H,9-12H2,1-4H3. The van der Waals surface area contributed by atoms with Crippen LogP contribution in [0.4, 0.5) is 5.69 Å². The number of aliphatic hydroxyl groups is 1. The van der Waals surface area contributed by atoms with Crippen molar-refractivity contribution in [2.45, 2.75) is 38.8 Å². The van der Waals surface area contributed by atoms with E-state index < -0.39 is 0 Å². The number of likely N-dealkylation sites (N-methyl/N-ethyl adjacent to an activating group) is 1. The summed E-state index contributed by atoms with van der Waals surface area (Å²) in [5.74, 6) is 0. The molecule has 1 heterocycles. The van der Waals surface area contributed by atoms with Crippen molar-refractivity contribution in [1.82, 2.24) is 4.90 Å². The second-order valence-corrected chi connectivity index (χ2v) is 6.28. The molecule has 0 radical (unpaired) electrons. The smallest absolute Gasteiger partial charge is 0.0604 e. The largest absolute Gasteiger partial charge is 0.395 e. The molecule has 0 spiro atoms. The van der Waals surface area contributed by atoms with Gasteiger partial charge in [-0.3, -0.25) is 4.90 Å². The molecule has 0 aromatic heterocycles. The summed E-state index contributed by atoms with van der Waals surface area (Å²) in [4.78, 5) is 4.74. The monoisotopic (exact) mass is 262 g/mol. The SMILES string of the molecule is Cc1ccccc1N1CC(CO)N(C)CCC1(C)C. The van der Waals surface area contributed by atoms with E-state index in [1.807, 2.05) is 0 Å². The zero-order valence-corrected chi connectivity index (χ0v) is 12.6. The number of nitrogens with zero attached hydrogens (tertiary/aromatic N) is 2. The van der Waals surface area contributed by atoms with Gasteiger partial charge in [0, 0.05) is 30.4 Å². The fraction of sp³-hybridized carbons (Fsp3) is 0.625. The Labute approximate surface area is 116 Å². The van der Waals surface area contributed by atoms with Gasteiger partial charge in [0.1, 0.15) is 0 Å². The summed E-state index contributed by atoms with van der Waals surface area (Å²) in [6.45, 7) is 8.88. The van der Waals surface area contributed by atoms with Gasteiger partial charge in [-0.2, -0.15) is 0 Å². The first-order valence-electron chi connectivity index (χ1n) is 7.10. The Bertz CT molecular complexity index is 431. The highest BCUT2D eigenvalue weighted by molar-refractivity contribution is 5.55. The minimum absolute atomic E-state index is 0.115. The van der Waals surface area contributed by atoms with Crippen LogP contribution in [0.3, 0.4) is 0 Å². The predicted molar refractivity (Wildman–Crippen MR) is 80.7 cm³/mol. The van der Waals surface area contributed by atoms with E-state index in [-0.39, 0.29) is 18.2 Å². The summed E-state index contributed by atoms with van der Waals surface area (Å²) >= 11 is 0. The Morgan fingerprint density at radius 2 is 2.00 bits per heavy atom. The summed E-state index contributed by atoms with van der Waals surface area (Å²) < 4.78 is 0. The van der Waals surface area contributed by atoms with E-state index in [0.29, 0.717) is 0 Å². The van der Waals surface area contributed by atoms with Crippen molar-refractivity contribution in [3.8, 4) is 0 Å². The summed E-state index contributed by atoms with van der Waals surface area (Å²) in [6, 6.07) is 8.74. The molecular formula is C16H26N2O. The van der Waals surface area contributed by atoms with E-state index >= 15 is 0 Å². The Morgan fingerprint density at radius 3 is 2.63 bits per heavy atom. The van der Waals surface area contributed by atoms with Gasteiger partial charge < -0.3 is 10.0 Å². The number of anilines is 1. The van der Waals surface area contributed by atoms with Gasteiger partial charge in [0.2, 0.25) is 0 Å². The highest BCUT2D eigenvalue weighted by atomic mass is 16.3. The lowest BCUT2D eigenvalue weighted by molar-refractivity contribution is 0.158.